The summed E-state index contributed by atoms with van der Waals surface area (Å²) in [7, 11) is 0. The SMILES string of the molecule is O=Cc1ccccc1OCC(=O)OCC(=O)Nc1ccc(Br)cc1F. The Balaban J connectivity index is 1.79. The second-order valence-electron chi connectivity index (χ2n) is 4.78. The van der Waals surface area contributed by atoms with E-state index >= 15 is 0 Å². The molecule has 2 rings (SSSR count). The molecule has 0 aliphatic heterocycles. The van der Waals surface area contributed by atoms with Gasteiger partial charge in [0.2, 0.25) is 0 Å². The molecule has 130 valence electrons. The molecule has 0 spiro atoms. The van der Waals surface area contributed by atoms with Crippen molar-refractivity contribution < 1.29 is 28.2 Å². The number of amides is 1. The number of hydrogen-bond acceptors (Lipinski definition) is 5. The number of carbonyl (C=O) groups excluding carboxylic acids is 3. The van der Waals surface area contributed by atoms with Crippen molar-refractivity contribution in [3.8, 4) is 5.75 Å². The Morgan fingerprint density at radius 1 is 1.16 bits per heavy atom. The first kappa shape index (κ1) is 18.6. The minimum atomic E-state index is -0.799. The molecule has 0 radical (unpaired) electrons. The van der Waals surface area contributed by atoms with Gasteiger partial charge in [0.25, 0.3) is 5.91 Å². The summed E-state index contributed by atoms with van der Waals surface area (Å²) in [5.41, 5.74) is 0.263. The molecule has 25 heavy (non-hydrogen) atoms. The second-order valence-corrected chi connectivity index (χ2v) is 5.69. The number of nitrogens with one attached hydrogen (secondary N) is 1. The highest BCUT2D eigenvalue weighted by Crippen LogP contribution is 2.19. The lowest BCUT2D eigenvalue weighted by molar-refractivity contribution is -0.149. The monoisotopic (exact) mass is 409 g/mol. The molecule has 8 heteroatoms. The van der Waals surface area contributed by atoms with Crippen LogP contribution in [-0.4, -0.2) is 31.4 Å². The number of halogens is 2. The topological polar surface area (TPSA) is 81.7 Å². The summed E-state index contributed by atoms with van der Waals surface area (Å²) >= 11 is 3.10. The van der Waals surface area contributed by atoms with E-state index in [0.29, 0.717) is 16.3 Å². The molecule has 0 aliphatic carbocycles. The van der Waals surface area contributed by atoms with E-state index in [9.17, 15) is 18.8 Å². The van der Waals surface area contributed by atoms with Crippen LogP contribution in [0.1, 0.15) is 10.4 Å². The molecule has 0 heterocycles. The average molecular weight is 410 g/mol. The van der Waals surface area contributed by atoms with Crippen LogP contribution in [0.2, 0.25) is 0 Å². The third kappa shape index (κ3) is 5.68. The zero-order valence-corrected chi connectivity index (χ0v) is 14.4. The van der Waals surface area contributed by atoms with Gasteiger partial charge < -0.3 is 14.8 Å². The van der Waals surface area contributed by atoms with Gasteiger partial charge in [-0.3, -0.25) is 9.59 Å². The predicted molar refractivity (Wildman–Crippen MR) is 91.0 cm³/mol. The van der Waals surface area contributed by atoms with E-state index in [-0.39, 0.29) is 11.4 Å². The Hall–Kier alpha value is -2.74. The Bertz CT molecular complexity index is 796. The minimum absolute atomic E-state index is 0.0274. The van der Waals surface area contributed by atoms with Crippen molar-refractivity contribution in [2.45, 2.75) is 0 Å². The molecule has 1 amide bonds. The minimum Gasteiger partial charge on any atom is -0.481 e. The van der Waals surface area contributed by atoms with Crippen LogP contribution in [0.25, 0.3) is 0 Å². The maximum Gasteiger partial charge on any atom is 0.344 e. The van der Waals surface area contributed by atoms with Gasteiger partial charge in [0.1, 0.15) is 11.6 Å². The van der Waals surface area contributed by atoms with Crippen molar-refractivity contribution in [2.24, 2.45) is 0 Å². The van der Waals surface area contributed by atoms with Crippen LogP contribution in [0, 0.1) is 5.82 Å². The number of carbonyl (C=O) groups is 3. The van der Waals surface area contributed by atoms with E-state index in [1.807, 2.05) is 0 Å². The van der Waals surface area contributed by atoms with Crippen molar-refractivity contribution in [3.05, 3.63) is 58.3 Å². The number of hydrogen-bond donors (Lipinski definition) is 1. The molecule has 0 aliphatic rings. The number of rotatable bonds is 7. The third-order valence-corrected chi connectivity index (χ3v) is 3.45. The summed E-state index contributed by atoms with van der Waals surface area (Å²) in [6.45, 7) is -1.06. The van der Waals surface area contributed by atoms with E-state index in [4.69, 9.17) is 9.47 Å². The highest BCUT2D eigenvalue weighted by atomic mass is 79.9. The molecule has 2 aromatic rings. The van der Waals surface area contributed by atoms with Crippen molar-refractivity contribution in [1.82, 2.24) is 0 Å². The van der Waals surface area contributed by atoms with Crippen molar-refractivity contribution in [1.29, 1.82) is 0 Å². The molecular formula is C17H13BrFNO5. The molecule has 2 aromatic carbocycles. The van der Waals surface area contributed by atoms with Gasteiger partial charge in [-0.05, 0) is 30.3 Å². The average Bonchev–Trinajstić information content (AvgIpc) is 2.60. The normalized spacial score (nSPS) is 10.0. The highest BCUT2D eigenvalue weighted by molar-refractivity contribution is 9.10. The van der Waals surface area contributed by atoms with Gasteiger partial charge in [0.15, 0.2) is 19.5 Å². The molecule has 0 fully saturated rings. The summed E-state index contributed by atoms with van der Waals surface area (Å²) in [6, 6.07) is 10.5. The number of ether oxygens (including phenoxy) is 2. The number of anilines is 1. The summed E-state index contributed by atoms with van der Waals surface area (Å²) < 4.78 is 24.0. The zero-order valence-electron chi connectivity index (χ0n) is 12.8. The highest BCUT2D eigenvalue weighted by Gasteiger charge is 2.12. The molecule has 0 saturated heterocycles. The molecule has 0 bridgehead atoms. The van der Waals surface area contributed by atoms with Gasteiger partial charge in [-0.1, -0.05) is 28.1 Å². The first-order chi connectivity index (χ1) is 12.0. The maximum absolute atomic E-state index is 13.6. The van der Waals surface area contributed by atoms with Gasteiger partial charge in [-0.15, -0.1) is 0 Å². The van der Waals surface area contributed by atoms with Gasteiger partial charge in [0.05, 0.1) is 11.3 Å². The molecule has 6 nitrogen and oxygen atoms in total. The van der Waals surface area contributed by atoms with E-state index in [0.717, 1.165) is 0 Å². The maximum atomic E-state index is 13.6. The number of benzene rings is 2. The quantitative estimate of drug-likeness (QED) is 0.561. The first-order valence-electron chi connectivity index (χ1n) is 7.07. The van der Waals surface area contributed by atoms with Gasteiger partial charge in [0, 0.05) is 4.47 Å². The first-order valence-corrected chi connectivity index (χ1v) is 7.86. The predicted octanol–water partition coefficient (Wildman–Crippen LogP) is 2.96. The Kier molecular flexibility index (Phi) is 6.64. The van der Waals surface area contributed by atoms with Crippen LogP contribution >= 0.6 is 15.9 Å². The number of esters is 1. The molecule has 0 atom stereocenters. The fourth-order valence-corrected chi connectivity index (χ4v) is 2.14. The summed E-state index contributed by atoms with van der Waals surface area (Å²) in [6.07, 6.45) is 0.598. The lowest BCUT2D eigenvalue weighted by Gasteiger charge is -2.09. The summed E-state index contributed by atoms with van der Waals surface area (Å²) in [4.78, 5) is 34.1. The van der Waals surface area contributed by atoms with Crippen LogP contribution < -0.4 is 10.1 Å². The number of para-hydroxylation sites is 1. The standard InChI is InChI=1S/C17H13BrFNO5/c18-12-5-6-14(13(19)7-12)20-16(22)9-25-17(23)10-24-15-4-2-1-3-11(15)8-21/h1-8H,9-10H2,(H,20,22). The smallest absolute Gasteiger partial charge is 0.344 e. The van der Waals surface area contributed by atoms with Crippen molar-refractivity contribution in [2.75, 3.05) is 18.5 Å². The Morgan fingerprint density at radius 3 is 2.64 bits per heavy atom. The molecule has 0 unspecified atom stereocenters. The Morgan fingerprint density at radius 2 is 1.92 bits per heavy atom. The van der Waals surface area contributed by atoms with Gasteiger partial charge >= 0.3 is 5.97 Å². The molecule has 1 N–H and O–H groups in total. The zero-order chi connectivity index (χ0) is 18.2. The van der Waals surface area contributed by atoms with Crippen LogP contribution in [0.5, 0.6) is 5.75 Å². The largest absolute Gasteiger partial charge is 0.481 e. The van der Waals surface area contributed by atoms with Crippen LogP contribution in [0.4, 0.5) is 10.1 Å². The van der Waals surface area contributed by atoms with Gasteiger partial charge in [-0.25, -0.2) is 9.18 Å². The summed E-state index contributed by atoms with van der Waals surface area (Å²) in [5, 5.41) is 2.29. The summed E-state index contributed by atoms with van der Waals surface area (Å²) in [5.74, 6) is -1.88. The lowest BCUT2D eigenvalue weighted by Crippen LogP contribution is -2.24. The van der Waals surface area contributed by atoms with Crippen LogP contribution in [0.15, 0.2) is 46.9 Å². The Labute approximate surface area is 151 Å². The van der Waals surface area contributed by atoms with E-state index in [2.05, 4.69) is 21.2 Å². The van der Waals surface area contributed by atoms with Crippen LogP contribution in [0.3, 0.4) is 0 Å². The third-order valence-electron chi connectivity index (χ3n) is 2.96. The van der Waals surface area contributed by atoms with E-state index in [1.54, 1.807) is 18.2 Å². The lowest BCUT2D eigenvalue weighted by atomic mass is 10.2. The fourth-order valence-electron chi connectivity index (χ4n) is 1.81. The molecule has 0 aromatic heterocycles. The number of aldehydes is 1. The second kappa shape index (κ2) is 8.93. The van der Waals surface area contributed by atoms with Crippen molar-refractivity contribution >= 4 is 39.8 Å². The van der Waals surface area contributed by atoms with Crippen LogP contribution in [-0.2, 0) is 14.3 Å². The fraction of sp³-hybridized carbons (Fsp3) is 0.118. The van der Waals surface area contributed by atoms with Gasteiger partial charge in [-0.2, -0.15) is 0 Å². The van der Waals surface area contributed by atoms with Crippen molar-refractivity contribution in [3.63, 3.8) is 0 Å². The van der Waals surface area contributed by atoms with E-state index in [1.165, 1.54) is 24.3 Å². The molecule has 0 saturated carbocycles. The van der Waals surface area contributed by atoms with E-state index < -0.39 is 30.9 Å². The molecular weight excluding hydrogens is 397 g/mol.